The Hall–Kier alpha value is -1.39. The number of carbonyl (C=O) groups excluding carboxylic acids is 1. The number of ketones is 1. The van der Waals surface area contributed by atoms with Gasteiger partial charge in [-0.3, -0.25) is 9.69 Å². The van der Waals surface area contributed by atoms with E-state index in [1.807, 2.05) is 31.3 Å². The average molecular weight is 277 g/mol. The lowest BCUT2D eigenvalue weighted by atomic mass is 10.0. The predicted octanol–water partition coefficient (Wildman–Crippen LogP) is 2.24. The predicted molar refractivity (Wildman–Crippen MR) is 78.4 cm³/mol. The number of hydrogen-bond donors (Lipinski definition) is 0. The number of ether oxygens (including phenoxy) is 2. The fraction of sp³-hybridized carbons (Fsp3) is 0.562. The summed E-state index contributed by atoms with van der Waals surface area (Å²) in [5.74, 6) is 1.47. The number of benzene rings is 1. The molecular weight excluding hydrogens is 254 g/mol. The van der Waals surface area contributed by atoms with Crippen LogP contribution in [0.4, 0.5) is 0 Å². The van der Waals surface area contributed by atoms with E-state index in [0.717, 1.165) is 37.5 Å². The molecule has 1 fully saturated rings. The summed E-state index contributed by atoms with van der Waals surface area (Å²) >= 11 is 0. The van der Waals surface area contributed by atoms with Gasteiger partial charge in [-0.25, -0.2) is 0 Å². The van der Waals surface area contributed by atoms with E-state index in [4.69, 9.17) is 9.47 Å². The van der Waals surface area contributed by atoms with Crippen molar-refractivity contribution in [3.63, 3.8) is 0 Å². The number of carbonyl (C=O) groups is 1. The van der Waals surface area contributed by atoms with E-state index in [1.54, 1.807) is 7.11 Å². The minimum atomic E-state index is 0.145. The molecule has 110 valence electrons. The lowest BCUT2D eigenvalue weighted by Crippen LogP contribution is -2.34. The summed E-state index contributed by atoms with van der Waals surface area (Å²) in [5, 5.41) is 0. The molecule has 0 bridgehead atoms. The fourth-order valence-electron chi connectivity index (χ4n) is 2.57. The van der Waals surface area contributed by atoms with E-state index < -0.39 is 0 Å². The fourth-order valence-corrected chi connectivity index (χ4v) is 2.57. The first kappa shape index (κ1) is 15.0. The van der Waals surface area contributed by atoms with Crippen molar-refractivity contribution in [1.29, 1.82) is 0 Å². The molecule has 0 saturated carbocycles. The second-order valence-electron chi connectivity index (χ2n) is 5.43. The van der Waals surface area contributed by atoms with Crippen LogP contribution in [-0.2, 0) is 4.74 Å². The average Bonchev–Trinajstić information content (AvgIpc) is 2.48. The van der Waals surface area contributed by atoms with Gasteiger partial charge >= 0.3 is 0 Å². The van der Waals surface area contributed by atoms with Crippen LogP contribution in [0.3, 0.4) is 0 Å². The van der Waals surface area contributed by atoms with Crippen molar-refractivity contribution in [2.24, 2.45) is 5.92 Å². The molecule has 1 atom stereocenters. The molecule has 4 nitrogen and oxygen atoms in total. The van der Waals surface area contributed by atoms with Crippen molar-refractivity contribution >= 4 is 5.78 Å². The Labute approximate surface area is 120 Å². The summed E-state index contributed by atoms with van der Waals surface area (Å²) in [4.78, 5) is 14.3. The number of hydrogen-bond acceptors (Lipinski definition) is 4. The van der Waals surface area contributed by atoms with Gasteiger partial charge in [-0.05, 0) is 50.1 Å². The lowest BCUT2D eigenvalue weighted by molar-refractivity contribution is 0.0416. The van der Waals surface area contributed by atoms with Gasteiger partial charge in [0.25, 0.3) is 0 Å². The van der Waals surface area contributed by atoms with Crippen molar-refractivity contribution in [2.75, 3.05) is 40.5 Å². The van der Waals surface area contributed by atoms with E-state index in [1.165, 1.54) is 6.42 Å². The summed E-state index contributed by atoms with van der Waals surface area (Å²) in [5.41, 5.74) is 0.734. The van der Waals surface area contributed by atoms with Crippen LogP contribution in [0.15, 0.2) is 24.3 Å². The molecule has 0 radical (unpaired) electrons. The summed E-state index contributed by atoms with van der Waals surface area (Å²) in [6, 6.07) is 7.28. The van der Waals surface area contributed by atoms with Gasteiger partial charge in [-0.2, -0.15) is 0 Å². The first-order chi connectivity index (χ1) is 9.69. The van der Waals surface area contributed by atoms with Gasteiger partial charge in [0.1, 0.15) is 5.75 Å². The van der Waals surface area contributed by atoms with Gasteiger partial charge in [-0.1, -0.05) is 0 Å². The van der Waals surface area contributed by atoms with Gasteiger partial charge in [0.05, 0.1) is 20.3 Å². The Balaban J connectivity index is 1.82. The maximum absolute atomic E-state index is 12.2. The van der Waals surface area contributed by atoms with Gasteiger partial charge in [0.2, 0.25) is 0 Å². The van der Waals surface area contributed by atoms with E-state index in [9.17, 15) is 4.79 Å². The van der Waals surface area contributed by atoms with E-state index >= 15 is 0 Å². The van der Waals surface area contributed by atoms with Gasteiger partial charge in [0.15, 0.2) is 5.78 Å². The molecule has 0 amide bonds. The molecule has 1 aliphatic rings. The third-order valence-electron chi connectivity index (χ3n) is 3.65. The molecule has 1 unspecified atom stereocenters. The molecule has 0 aromatic heterocycles. The standard InChI is InChI=1S/C16H23NO3/c1-17(10-13-4-3-9-20-12-13)11-16(18)14-5-7-15(19-2)8-6-14/h5-8,13H,3-4,9-12H2,1-2H3. The largest absolute Gasteiger partial charge is 0.497 e. The van der Waals surface area contributed by atoms with Crippen LogP contribution < -0.4 is 4.74 Å². The molecule has 0 spiro atoms. The zero-order valence-electron chi connectivity index (χ0n) is 12.3. The highest BCUT2D eigenvalue weighted by molar-refractivity contribution is 5.97. The van der Waals surface area contributed by atoms with Crippen LogP contribution in [0, 0.1) is 5.92 Å². The number of nitrogens with zero attached hydrogens (tertiary/aromatic N) is 1. The van der Waals surface area contributed by atoms with Crippen LogP contribution in [0.25, 0.3) is 0 Å². The van der Waals surface area contributed by atoms with Gasteiger partial charge < -0.3 is 9.47 Å². The highest BCUT2D eigenvalue weighted by Gasteiger charge is 2.17. The Bertz CT molecular complexity index is 424. The topological polar surface area (TPSA) is 38.8 Å². The first-order valence-electron chi connectivity index (χ1n) is 7.12. The quantitative estimate of drug-likeness (QED) is 0.748. The van der Waals surface area contributed by atoms with Gasteiger partial charge in [0, 0.05) is 18.7 Å². The van der Waals surface area contributed by atoms with Crippen LogP contribution in [0.1, 0.15) is 23.2 Å². The summed E-state index contributed by atoms with van der Waals surface area (Å²) in [6.45, 7) is 3.07. The Kier molecular flexibility index (Phi) is 5.56. The molecule has 1 aromatic carbocycles. The van der Waals surface area contributed by atoms with Crippen molar-refractivity contribution in [2.45, 2.75) is 12.8 Å². The smallest absolute Gasteiger partial charge is 0.176 e. The third-order valence-corrected chi connectivity index (χ3v) is 3.65. The maximum atomic E-state index is 12.2. The zero-order valence-corrected chi connectivity index (χ0v) is 12.3. The number of Topliss-reactive ketones (excluding diaryl/α,β-unsaturated/α-hetero) is 1. The minimum Gasteiger partial charge on any atom is -0.497 e. The Morgan fingerprint density at radius 2 is 2.15 bits per heavy atom. The van der Waals surface area contributed by atoms with Crippen molar-refractivity contribution in [1.82, 2.24) is 4.90 Å². The van der Waals surface area contributed by atoms with Crippen LogP contribution in [-0.4, -0.2) is 51.1 Å². The molecule has 1 aliphatic heterocycles. The second-order valence-corrected chi connectivity index (χ2v) is 5.43. The highest BCUT2D eigenvalue weighted by Crippen LogP contribution is 2.15. The monoisotopic (exact) mass is 277 g/mol. The van der Waals surface area contributed by atoms with Crippen LogP contribution in [0.2, 0.25) is 0 Å². The van der Waals surface area contributed by atoms with Crippen molar-refractivity contribution in [3.8, 4) is 5.75 Å². The third kappa shape index (κ3) is 4.32. The lowest BCUT2D eigenvalue weighted by Gasteiger charge is -2.26. The Morgan fingerprint density at radius 3 is 2.75 bits per heavy atom. The Morgan fingerprint density at radius 1 is 1.40 bits per heavy atom. The summed E-state index contributed by atoms with van der Waals surface area (Å²) in [6.07, 6.45) is 2.33. The zero-order chi connectivity index (χ0) is 14.4. The number of rotatable bonds is 6. The second kappa shape index (κ2) is 7.41. The molecular formula is C16H23NO3. The molecule has 4 heteroatoms. The van der Waals surface area contributed by atoms with Crippen molar-refractivity contribution < 1.29 is 14.3 Å². The molecule has 1 heterocycles. The van der Waals surface area contributed by atoms with Crippen molar-refractivity contribution in [3.05, 3.63) is 29.8 Å². The molecule has 20 heavy (non-hydrogen) atoms. The van der Waals surface area contributed by atoms with E-state index in [2.05, 4.69) is 4.90 Å². The SMILES string of the molecule is COc1ccc(C(=O)CN(C)CC2CCCOC2)cc1. The summed E-state index contributed by atoms with van der Waals surface area (Å²) in [7, 11) is 3.62. The molecule has 0 aliphatic carbocycles. The highest BCUT2D eigenvalue weighted by atomic mass is 16.5. The van der Waals surface area contributed by atoms with E-state index in [0.29, 0.717) is 12.5 Å². The van der Waals surface area contributed by atoms with Gasteiger partial charge in [-0.15, -0.1) is 0 Å². The van der Waals surface area contributed by atoms with Crippen LogP contribution in [0.5, 0.6) is 5.75 Å². The number of likely N-dealkylation sites (N-methyl/N-ethyl adjacent to an activating group) is 1. The molecule has 1 saturated heterocycles. The minimum absolute atomic E-state index is 0.145. The number of methoxy groups -OCH3 is 1. The first-order valence-corrected chi connectivity index (χ1v) is 7.12. The molecule has 0 N–H and O–H groups in total. The normalized spacial score (nSPS) is 19.1. The van der Waals surface area contributed by atoms with Crippen LogP contribution >= 0.6 is 0 Å². The molecule has 1 aromatic rings. The molecule has 2 rings (SSSR count). The maximum Gasteiger partial charge on any atom is 0.176 e. The van der Waals surface area contributed by atoms with E-state index in [-0.39, 0.29) is 5.78 Å². The summed E-state index contributed by atoms with van der Waals surface area (Å²) < 4.78 is 10.6.